The SMILES string of the molecule is Cl.Cl.NC1CCC(C(=O)NCC2(CN3CCOCC3)CCCCC2)C1. The van der Waals surface area contributed by atoms with Crippen LogP contribution in [-0.4, -0.2) is 56.2 Å². The fraction of sp³-hybridized carbons (Fsp3) is 0.944. The molecule has 7 heteroatoms. The number of carbonyl (C=O) groups excluding carboxylic acids is 1. The molecule has 0 aromatic heterocycles. The summed E-state index contributed by atoms with van der Waals surface area (Å²) in [5.41, 5.74) is 6.22. The summed E-state index contributed by atoms with van der Waals surface area (Å²) >= 11 is 0. The lowest BCUT2D eigenvalue weighted by molar-refractivity contribution is -0.125. The Bertz CT molecular complexity index is 400. The zero-order valence-corrected chi connectivity index (χ0v) is 16.8. The number of nitrogens with one attached hydrogen (secondary N) is 1. The van der Waals surface area contributed by atoms with Gasteiger partial charge in [-0.3, -0.25) is 9.69 Å². The molecule has 2 atom stereocenters. The third-order valence-electron chi connectivity index (χ3n) is 6.06. The summed E-state index contributed by atoms with van der Waals surface area (Å²) in [6.45, 7) is 5.72. The van der Waals surface area contributed by atoms with Gasteiger partial charge >= 0.3 is 0 Å². The van der Waals surface area contributed by atoms with Crippen LogP contribution in [0.5, 0.6) is 0 Å². The maximum atomic E-state index is 12.5. The highest BCUT2D eigenvalue weighted by Gasteiger charge is 2.36. The summed E-state index contributed by atoms with van der Waals surface area (Å²) in [6, 6.07) is 0.225. The molecule has 0 aromatic carbocycles. The number of carbonyl (C=O) groups is 1. The van der Waals surface area contributed by atoms with Crippen molar-refractivity contribution in [3.63, 3.8) is 0 Å². The molecule has 2 saturated carbocycles. The average molecular weight is 396 g/mol. The lowest BCUT2D eigenvalue weighted by atomic mass is 9.73. The van der Waals surface area contributed by atoms with Crippen LogP contribution in [-0.2, 0) is 9.53 Å². The normalized spacial score (nSPS) is 29.3. The third kappa shape index (κ3) is 6.55. The minimum Gasteiger partial charge on any atom is -0.379 e. The minimum atomic E-state index is 0. The monoisotopic (exact) mass is 395 g/mol. The van der Waals surface area contributed by atoms with Crippen LogP contribution in [0.1, 0.15) is 51.4 Å². The van der Waals surface area contributed by atoms with E-state index in [2.05, 4.69) is 10.2 Å². The van der Waals surface area contributed by atoms with Crippen LogP contribution < -0.4 is 11.1 Å². The van der Waals surface area contributed by atoms with Crippen LogP contribution in [0.3, 0.4) is 0 Å². The van der Waals surface area contributed by atoms with E-state index in [0.29, 0.717) is 0 Å². The van der Waals surface area contributed by atoms with E-state index in [4.69, 9.17) is 10.5 Å². The van der Waals surface area contributed by atoms with Gasteiger partial charge in [-0.1, -0.05) is 19.3 Å². The third-order valence-corrected chi connectivity index (χ3v) is 6.06. The molecule has 0 spiro atoms. The van der Waals surface area contributed by atoms with E-state index in [0.717, 1.165) is 58.7 Å². The van der Waals surface area contributed by atoms with Crippen LogP contribution in [0.25, 0.3) is 0 Å². The smallest absolute Gasteiger partial charge is 0.223 e. The van der Waals surface area contributed by atoms with E-state index in [1.807, 2.05) is 0 Å². The topological polar surface area (TPSA) is 67.6 Å². The van der Waals surface area contributed by atoms with Gasteiger partial charge in [0.15, 0.2) is 0 Å². The predicted octanol–water partition coefficient (Wildman–Crippen LogP) is 2.36. The van der Waals surface area contributed by atoms with Gasteiger partial charge in [0.2, 0.25) is 5.91 Å². The molecule has 25 heavy (non-hydrogen) atoms. The highest BCUT2D eigenvalue weighted by Crippen LogP contribution is 2.37. The lowest BCUT2D eigenvalue weighted by Gasteiger charge is -2.42. The number of nitrogens with two attached hydrogens (primary N) is 1. The molecule has 1 aliphatic heterocycles. The van der Waals surface area contributed by atoms with Crippen molar-refractivity contribution in [3.8, 4) is 0 Å². The Kier molecular flexibility index (Phi) is 10.0. The second-order valence-corrected chi connectivity index (χ2v) is 7.94. The molecule has 1 heterocycles. The first kappa shape index (κ1) is 23.0. The van der Waals surface area contributed by atoms with Crippen molar-refractivity contribution in [2.45, 2.75) is 57.4 Å². The standard InChI is InChI=1S/C18H33N3O2.2ClH/c19-16-5-4-15(12-16)17(22)20-13-18(6-2-1-3-7-18)14-21-8-10-23-11-9-21;;/h15-16H,1-14,19H2,(H,20,22);2*1H. The Morgan fingerprint density at radius 3 is 2.40 bits per heavy atom. The molecule has 5 nitrogen and oxygen atoms in total. The molecule has 0 bridgehead atoms. The summed E-state index contributed by atoms with van der Waals surface area (Å²) in [5.74, 6) is 0.388. The summed E-state index contributed by atoms with van der Waals surface area (Å²) in [7, 11) is 0. The van der Waals surface area contributed by atoms with E-state index < -0.39 is 0 Å². The highest BCUT2D eigenvalue weighted by atomic mass is 35.5. The van der Waals surface area contributed by atoms with Gasteiger partial charge in [0, 0.05) is 43.6 Å². The van der Waals surface area contributed by atoms with Crippen LogP contribution in [0, 0.1) is 11.3 Å². The molecule has 1 saturated heterocycles. The van der Waals surface area contributed by atoms with Crippen LogP contribution in [0.4, 0.5) is 0 Å². The second-order valence-electron chi connectivity index (χ2n) is 7.94. The molecule has 3 aliphatic rings. The fourth-order valence-corrected chi connectivity index (χ4v) is 4.60. The van der Waals surface area contributed by atoms with Crippen molar-refractivity contribution >= 4 is 30.7 Å². The number of amides is 1. The van der Waals surface area contributed by atoms with Gasteiger partial charge in [-0.15, -0.1) is 24.8 Å². The molecule has 2 aliphatic carbocycles. The van der Waals surface area contributed by atoms with Gasteiger partial charge in [0.25, 0.3) is 0 Å². The zero-order chi connectivity index (χ0) is 16.1. The molecule has 2 unspecified atom stereocenters. The molecule has 148 valence electrons. The van der Waals surface area contributed by atoms with E-state index in [1.165, 1.54) is 32.1 Å². The summed E-state index contributed by atoms with van der Waals surface area (Å²) in [5, 5.41) is 3.29. The van der Waals surface area contributed by atoms with Gasteiger partial charge < -0.3 is 15.8 Å². The van der Waals surface area contributed by atoms with Crippen molar-refractivity contribution in [2.75, 3.05) is 39.4 Å². The Hall–Kier alpha value is -0.0700. The number of ether oxygens (including phenoxy) is 1. The van der Waals surface area contributed by atoms with Crippen LogP contribution in [0.15, 0.2) is 0 Å². The minimum absolute atomic E-state index is 0. The van der Waals surface area contributed by atoms with Gasteiger partial charge in [-0.05, 0) is 32.1 Å². The van der Waals surface area contributed by atoms with Crippen molar-refractivity contribution in [1.29, 1.82) is 0 Å². The predicted molar refractivity (Wildman–Crippen MR) is 106 cm³/mol. The quantitative estimate of drug-likeness (QED) is 0.749. The lowest BCUT2D eigenvalue weighted by Crippen LogP contribution is -2.50. The maximum Gasteiger partial charge on any atom is 0.223 e. The number of halogens is 2. The first-order valence-corrected chi connectivity index (χ1v) is 9.50. The highest BCUT2D eigenvalue weighted by molar-refractivity contribution is 5.85. The molecule has 3 rings (SSSR count). The number of nitrogens with zero attached hydrogens (tertiary/aromatic N) is 1. The Balaban J connectivity index is 0.00000156. The van der Waals surface area contributed by atoms with Gasteiger partial charge in [-0.2, -0.15) is 0 Å². The number of morpholine rings is 1. The van der Waals surface area contributed by atoms with Gasteiger partial charge in [-0.25, -0.2) is 0 Å². The molecular weight excluding hydrogens is 361 g/mol. The molecular formula is C18H35Cl2N3O2. The number of hydrogen-bond donors (Lipinski definition) is 2. The molecule has 0 aromatic rings. The zero-order valence-electron chi connectivity index (χ0n) is 15.2. The molecule has 0 radical (unpaired) electrons. The first-order chi connectivity index (χ1) is 11.2. The summed E-state index contributed by atoms with van der Waals surface area (Å²) in [4.78, 5) is 15.0. The number of rotatable bonds is 5. The van der Waals surface area contributed by atoms with E-state index >= 15 is 0 Å². The Labute approximate surface area is 164 Å². The van der Waals surface area contributed by atoms with Crippen LogP contribution in [0.2, 0.25) is 0 Å². The largest absolute Gasteiger partial charge is 0.379 e. The van der Waals surface area contributed by atoms with Crippen molar-refractivity contribution < 1.29 is 9.53 Å². The molecule has 1 amide bonds. The van der Waals surface area contributed by atoms with Gasteiger partial charge in [0.1, 0.15) is 0 Å². The number of hydrogen-bond acceptors (Lipinski definition) is 4. The molecule has 3 fully saturated rings. The first-order valence-electron chi connectivity index (χ1n) is 9.50. The van der Waals surface area contributed by atoms with E-state index in [9.17, 15) is 4.79 Å². The van der Waals surface area contributed by atoms with Crippen molar-refractivity contribution in [1.82, 2.24) is 10.2 Å². The summed E-state index contributed by atoms with van der Waals surface area (Å²) < 4.78 is 5.47. The maximum absolute atomic E-state index is 12.5. The Morgan fingerprint density at radius 1 is 1.12 bits per heavy atom. The van der Waals surface area contributed by atoms with E-state index in [1.54, 1.807) is 0 Å². The molecule has 3 N–H and O–H groups in total. The fourth-order valence-electron chi connectivity index (χ4n) is 4.60. The van der Waals surface area contributed by atoms with Crippen molar-refractivity contribution in [2.24, 2.45) is 17.1 Å². The average Bonchev–Trinajstić information content (AvgIpc) is 3.01. The Morgan fingerprint density at radius 2 is 1.80 bits per heavy atom. The van der Waals surface area contributed by atoms with E-state index in [-0.39, 0.29) is 48.1 Å². The van der Waals surface area contributed by atoms with Crippen molar-refractivity contribution in [3.05, 3.63) is 0 Å². The van der Waals surface area contributed by atoms with Gasteiger partial charge in [0.05, 0.1) is 13.2 Å². The summed E-state index contributed by atoms with van der Waals surface area (Å²) in [6.07, 6.45) is 9.26. The van der Waals surface area contributed by atoms with Crippen LogP contribution >= 0.6 is 24.8 Å². The second kappa shape index (κ2) is 10.9.